The Morgan fingerprint density at radius 3 is 1.15 bits per heavy atom. The van der Waals surface area contributed by atoms with Gasteiger partial charge in [0, 0.05) is 12.8 Å². The number of likely N-dealkylation sites (N-methyl/N-ethyl adjacent to an activating group) is 1. The molecule has 1 amide bonds. The first-order valence-electron chi connectivity index (χ1n) is 34.7. The molecule has 0 saturated carbocycles. The van der Waals surface area contributed by atoms with Crippen molar-refractivity contribution in [2.45, 2.75) is 335 Å². The maximum absolute atomic E-state index is 13.6. The number of ether oxygens (including phenoxy) is 1. The van der Waals surface area contributed by atoms with Gasteiger partial charge in [-0.3, -0.25) is 14.2 Å². The van der Waals surface area contributed by atoms with Gasteiger partial charge in [0.05, 0.1) is 33.8 Å². The number of amides is 1. The Morgan fingerprint density at radius 2 is 0.744 bits per heavy atom. The molecule has 0 radical (unpaired) electrons. The van der Waals surface area contributed by atoms with Crippen molar-refractivity contribution < 1.29 is 37.3 Å². The fourth-order valence-electron chi connectivity index (χ4n) is 9.97. The summed E-state index contributed by atoms with van der Waals surface area (Å²) in [6, 6.07) is -0.895. The first kappa shape index (κ1) is 79.5. The molecule has 0 aliphatic heterocycles. The second-order valence-electron chi connectivity index (χ2n) is 24.7. The van der Waals surface area contributed by atoms with Gasteiger partial charge in [-0.25, -0.2) is 0 Å². The van der Waals surface area contributed by atoms with E-state index in [2.05, 4.69) is 86.8 Å². The molecule has 0 bridgehead atoms. The minimum atomic E-state index is -4.71. The number of quaternary nitrogens is 1. The van der Waals surface area contributed by atoms with Gasteiger partial charge < -0.3 is 28.5 Å². The van der Waals surface area contributed by atoms with Crippen molar-refractivity contribution in [3.05, 3.63) is 72.9 Å². The molecule has 0 saturated heterocycles. The van der Waals surface area contributed by atoms with Gasteiger partial charge in [-0.2, -0.15) is 0 Å². The molecule has 0 spiro atoms. The summed E-state index contributed by atoms with van der Waals surface area (Å²) < 4.78 is 30.4. The lowest BCUT2D eigenvalue weighted by Gasteiger charge is -2.30. The summed E-state index contributed by atoms with van der Waals surface area (Å²) >= 11 is 0. The zero-order valence-electron chi connectivity index (χ0n) is 54.7. The van der Waals surface area contributed by atoms with Gasteiger partial charge >= 0.3 is 5.97 Å². The minimum absolute atomic E-state index is 0.0250. The van der Waals surface area contributed by atoms with Crippen LogP contribution in [0.5, 0.6) is 0 Å². The summed E-state index contributed by atoms with van der Waals surface area (Å²) in [5, 5.41) is 3.04. The van der Waals surface area contributed by atoms with Gasteiger partial charge in [-0.05, 0) is 102 Å². The van der Waals surface area contributed by atoms with Crippen LogP contribution in [0.1, 0.15) is 323 Å². The highest BCUT2D eigenvalue weighted by Crippen LogP contribution is 2.38. The van der Waals surface area contributed by atoms with Crippen LogP contribution in [0.2, 0.25) is 0 Å². The summed E-state index contributed by atoms with van der Waals surface area (Å²) in [6.07, 6.45) is 80.1. The Morgan fingerprint density at radius 1 is 0.427 bits per heavy atom. The highest BCUT2D eigenvalue weighted by atomic mass is 31.2. The average Bonchev–Trinajstić information content (AvgIpc) is 3.44. The van der Waals surface area contributed by atoms with Gasteiger partial charge in [0.15, 0.2) is 0 Å². The number of nitrogens with zero attached hydrogens (tertiary/aromatic N) is 1. The maximum atomic E-state index is 13.6. The van der Waals surface area contributed by atoms with E-state index in [9.17, 15) is 19.0 Å². The third-order valence-corrected chi connectivity index (χ3v) is 16.3. The van der Waals surface area contributed by atoms with E-state index in [1.165, 1.54) is 199 Å². The van der Waals surface area contributed by atoms with E-state index >= 15 is 0 Å². The second-order valence-corrected chi connectivity index (χ2v) is 26.1. The molecule has 1 N–H and O–H groups in total. The lowest BCUT2D eigenvalue weighted by Crippen LogP contribution is -2.47. The van der Waals surface area contributed by atoms with E-state index < -0.39 is 26.6 Å². The molecule has 478 valence electrons. The smallest absolute Gasteiger partial charge is 0.306 e. The van der Waals surface area contributed by atoms with Gasteiger partial charge in [0.2, 0.25) is 5.91 Å². The SMILES string of the molecule is CCCCC/C=C\C/C=C\C/C=C\C/C=C\CCCCCCCCCCCC(=O)OC(/C=C\CCCCCCCCCCCC)C(COP(=O)([O-])OCC[N+](C)(C)C)NC(=O)CCCCCCCCCCC/C=C/CCCCCCCC. The Hall–Kier alpha value is -2.55. The Labute approximate surface area is 508 Å². The number of hydrogen-bond donors (Lipinski definition) is 1. The van der Waals surface area contributed by atoms with E-state index in [4.69, 9.17) is 13.8 Å². The molecular weight excluding hydrogens is 1040 g/mol. The highest BCUT2D eigenvalue weighted by molar-refractivity contribution is 7.45. The lowest BCUT2D eigenvalue weighted by atomic mass is 10.0. The van der Waals surface area contributed by atoms with Gasteiger partial charge in [0.1, 0.15) is 19.3 Å². The van der Waals surface area contributed by atoms with Crippen molar-refractivity contribution >= 4 is 19.7 Å². The zero-order chi connectivity index (χ0) is 60.0. The topological polar surface area (TPSA) is 114 Å². The third-order valence-electron chi connectivity index (χ3n) is 15.4. The molecule has 0 aromatic rings. The number of allylic oxidation sites excluding steroid dienone is 11. The zero-order valence-corrected chi connectivity index (χ0v) is 55.6. The first-order valence-corrected chi connectivity index (χ1v) is 36.2. The average molecular weight is 1170 g/mol. The van der Waals surface area contributed by atoms with Crippen LogP contribution in [0.3, 0.4) is 0 Å². The van der Waals surface area contributed by atoms with E-state index in [1.807, 2.05) is 33.3 Å². The summed E-state index contributed by atoms with van der Waals surface area (Å²) in [4.78, 5) is 40.1. The predicted octanol–water partition coefficient (Wildman–Crippen LogP) is 21.3. The molecule has 3 unspecified atom stereocenters. The molecule has 0 rings (SSSR count). The summed E-state index contributed by atoms with van der Waals surface area (Å²) in [7, 11) is 1.18. The van der Waals surface area contributed by atoms with Crippen LogP contribution in [-0.4, -0.2) is 69.4 Å². The minimum Gasteiger partial charge on any atom is -0.756 e. The molecule has 10 heteroatoms. The van der Waals surface area contributed by atoms with Crippen molar-refractivity contribution in [3.8, 4) is 0 Å². The molecule has 0 aromatic heterocycles. The first-order chi connectivity index (χ1) is 39.9. The molecule has 82 heavy (non-hydrogen) atoms. The predicted molar refractivity (Wildman–Crippen MR) is 353 cm³/mol. The molecule has 0 aliphatic carbocycles. The standard InChI is InChI=1S/C72H133N2O7P/c1-7-10-13-16-19-22-25-28-30-32-34-35-36-37-38-39-41-43-45-47-50-53-56-59-62-65-72(76)81-70(63-60-57-54-51-48-27-24-21-18-15-12-9-3)69(68-80-82(77,78)79-67-66-74(4,5)6)73-71(75)64-61-58-55-52-49-46-44-42-40-33-31-29-26-23-20-17-14-11-8-2/h19,22,28-31,34-35,37-38,60,63,69-70H,7-18,20-21,23-27,32-33,36,39-59,61-62,64-68H2,1-6H3,(H-,73,75,77,78)/b22-19-,30-28-,31-29+,35-34-,38-37-,63-60-. The van der Waals surface area contributed by atoms with Crippen molar-refractivity contribution in [1.82, 2.24) is 5.32 Å². The quantitative estimate of drug-likeness (QED) is 0.0212. The van der Waals surface area contributed by atoms with Crippen LogP contribution < -0.4 is 10.2 Å². The van der Waals surface area contributed by atoms with Crippen LogP contribution in [0.15, 0.2) is 72.9 Å². The normalized spacial score (nSPS) is 14.0. The molecular formula is C72H133N2O7P. The number of rotatable bonds is 63. The van der Waals surface area contributed by atoms with Crippen molar-refractivity contribution in [2.75, 3.05) is 40.9 Å². The summed E-state index contributed by atoms with van der Waals surface area (Å²) in [6.45, 7) is 6.83. The Balaban J connectivity index is 5.11. The monoisotopic (exact) mass is 1170 g/mol. The van der Waals surface area contributed by atoms with Gasteiger partial charge in [0.25, 0.3) is 7.82 Å². The molecule has 0 heterocycles. The largest absolute Gasteiger partial charge is 0.756 e. The van der Waals surface area contributed by atoms with Crippen LogP contribution in [0.25, 0.3) is 0 Å². The fourth-order valence-corrected chi connectivity index (χ4v) is 10.7. The summed E-state index contributed by atoms with van der Waals surface area (Å²) in [5.74, 6) is -0.543. The maximum Gasteiger partial charge on any atom is 0.306 e. The molecule has 0 aliphatic rings. The Kier molecular flexibility index (Phi) is 59.6. The lowest BCUT2D eigenvalue weighted by molar-refractivity contribution is -0.870. The van der Waals surface area contributed by atoms with Gasteiger partial charge in [-0.15, -0.1) is 0 Å². The molecule has 0 aromatic carbocycles. The molecule has 9 nitrogen and oxygen atoms in total. The molecule has 0 fully saturated rings. The third kappa shape index (κ3) is 62.0. The van der Waals surface area contributed by atoms with E-state index in [-0.39, 0.29) is 24.9 Å². The Bertz CT molecular complexity index is 1630. The van der Waals surface area contributed by atoms with Crippen molar-refractivity contribution in [3.63, 3.8) is 0 Å². The number of carbonyl (C=O) groups excluding carboxylic acids is 2. The van der Waals surface area contributed by atoms with Crippen LogP contribution in [0.4, 0.5) is 0 Å². The number of hydrogen-bond acceptors (Lipinski definition) is 7. The number of unbranched alkanes of at least 4 members (excludes halogenated alkanes) is 37. The number of phosphoric ester groups is 1. The van der Waals surface area contributed by atoms with Crippen molar-refractivity contribution in [2.24, 2.45) is 0 Å². The highest BCUT2D eigenvalue weighted by Gasteiger charge is 2.27. The van der Waals surface area contributed by atoms with Crippen LogP contribution in [-0.2, 0) is 27.9 Å². The van der Waals surface area contributed by atoms with Crippen LogP contribution in [0, 0.1) is 0 Å². The van der Waals surface area contributed by atoms with E-state index in [1.54, 1.807) is 0 Å². The van der Waals surface area contributed by atoms with Crippen LogP contribution >= 0.6 is 7.82 Å². The number of esters is 1. The fraction of sp³-hybridized carbons (Fsp3) is 0.806. The summed E-state index contributed by atoms with van der Waals surface area (Å²) in [5.41, 5.74) is 0. The number of phosphoric acid groups is 1. The molecule has 3 atom stereocenters. The second kappa shape index (κ2) is 61.5. The number of nitrogens with one attached hydrogen (secondary N) is 1. The van der Waals surface area contributed by atoms with E-state index in [0.29, 0.717) is 17.4 Å². The van der Waals surface area contributed by atoms with Gasteiger partial charge in [-0.1, -0.05) is 280 Å². The van der Waals surface area contributed by atoms with Crippen molar-refractivity contribution in [1.29, 1.82) is 0 Å². The number of carbonyl (C=O) groups is 2. The van der Waals surface area contributed by atoms with E-state index in [0.717, 1.165) is 89.9 Å².